The van der Waals surface area contributed by atoms with E-state index in [0.29, 0.717) is 48.1 Å². The number of phenols is 1. The SMILES string of the molecule is Oc1ccc(CCNc2nc(-c3cncc(F)c3)nc3c2ncn3C2CCOC2)cc1. The van der Waals surface area contributed by atoms with E-state index in [1.165, 1.54) is 6.07 Å². The van der Waals surface area contributed by atoms with Gasteiger partial charge in [0.1, 0.15) is 17.1 Å². The summed E-state index contributed by atoms with van der Waals surface area (Å²) in [5.41, 5.74) is 2.92. The molecule has 1 fully saturated rings. The second-order valence-corrected chi connectivity index (χ2v) is 7.47. The lowest BCUT2D eigenvalue weighted by molar-refractivity contribution is 0.187. The zero-order chi connectivity index (χ0) is 21.2. The highest BCUT2D eigenvalue weighted by atomic mass is 19.1. The highest BCUT2D eigenvalue weighted by Crippen LogP contribution is 2.28. The van der Waals surface area contributed by atoms with Crippen molar-refractivity contribution >= 4 is 17.0 Å². The van der Waals surface area contributed by atoms with Gasteiger partial charge in [-0.1, -0.05) is 12.1 Å². The number of fused-ring (bicyclic) bond motifs is 1. The summed E-state index contributed by atoms with van der Waals surface area (Å²) >= 11 is 0. The van der Waals surface area contributed by atoms with E-state index >= 15 is 0 Å². The Hall–Kier alpha value is -3.59. The summed E-state index contributed by atoms with van der Waals surface area (Å²) in [6.07, 6.45) is 6.08. The molecule has 4 aromatic rings. The van der Waals surface area contributed by atoms with Gasteiger partial charge in [0.2, 0.25) is 0 Å². The Labute approximate surface area is 177 Å². The molecule has 0 aliphatic carbocycles. The molecule has 0 radical (unpaired) electrons. The zero-order valence-electron chi connectivity index (χ0n) is 16.7. The van der Waals surface area contributed by atoms with Crippen LogP contribution in [0, 0.1) is 5.82 Å². The van der Waals surface area contributed by atoms with Crippen LogP contribution in [-0.4, -0.2) is 49.4 Å². The molecule has 1 aliphatic rings. The van der Waals surface area contributed by atoms with Crippen LogP contribution in [0.3, 0.4) is 0 Å². The summed E-state index contributed by atoms with van der Waals surface area (Å²) < 4.78 is 21.3. The van der Waals surface area contributed by atoms with Crippen molar-refractivity contribution in [3.05, 3.63) is 60.4 Å². The highest BCUT2D eigenvalue weighted by Gasteiger charge is 2.22. The second kappa shape index (κ2) is 8.27. The summed E-state index contributed by atoms with van der Waals surface area (Å²) in [4.78, 5) is 17.8. The molecule has 1 unspecified atom stereocenters. The molecule has 5 rings (SSSR count). The van der Waals surface area contributed by atoms with Gasteiger partial charge in [0.25, 0.3) is 0 Å². The van der Waals surface area contributed by atoms with Gasteiger partial charge in [0.15, 0.2) is 17.3 Å². The van der Waals surface area contributed by atoms with Crippen LogP contribution in [0.5, 0.6) is 5.75 Å². The number of aromatic nitrogens is 5. The largest absolute Gasteiger partial charge is 0.508 e. The van der Waals surface area contributed by atoms with Crippen LogP contribution in [0.15, 0.2) is 49.1 Å². The summed E-state index contributed by atoms with van der Waals surface area (Å²) in [7, 11) is 0. The van der Waals surface area contributed by atoms with Crippen LogP contribution in [0.4, 0.5) is 10.2 Å². The number of nitrogens with one attached hydrogen (secondary N) is 1. The smallest absolute Gasteiger partial charge is 0.166 e. The minimum Gasteiger partial charge on any atom is -0.508 e. The molecule has 1 aromatic carbocycles. The first-order valence-electron chi connectivity index (χ1n) is 10.1. The molecule has 8 nitrogen and oxygen atoms in total. The number of hydrogen-bond acceptors (Lipinski definition) is 7. The van der Waals surface area contributed by atoms with Crippen LogP contribution in [0.25, 0.3) is 22.6 Å². The topological polar surface area (TPSA) is 98.0 Å². The van der Waals surface area contributed by atoms with E-state index in [-0.39, 0.29) is 11.8 Å². The normalized spacial score (nSPS) is 16.1. The van der Waals surface area contributed by atoms with Gasteiger partial charge < -0.3 is 19.7 Å². The third-order valence-corrected chi connectivity index (χ3v) is 5.33. The molecule has 1 atom stereocenters. The number of halogens is 1. The Bertz CT molecular complexity index is 1200. The van der Waals surface area contributed by atoms with Gasteiger partial charge in [0, 0.05) is 24.9 Å². The number of benzene rings is 1. The third-order valence-electron chi connectivity index (χ3n) is 5.33. The number of ether oxygens (including phenoxy) is 1. The maximum absolute atomic E-state index is 13.8. The summed E-state index contributed by atoms with van der Waals surface area (Å²) in [6, 6.07) is 8.62. The summed E-state index contributed by atoms with van der Waals surface area (Å²) in [5, 5.41) is 12.8. The molecule has 31 heavy (non-hydrogen) atoms. The molecule has 1 aliphatic heterocycles. The van der Waals surface area contributed by atoms with Crippen molar-refractivity contribution in [1.82, 2.24) is 24.5 Å². The average molecular weight is 420 g/mol. The van der Waals surface area contributed by atoms with E-state index in [1.54, 1.807) is 24.7 Å². The quantitative estimate of drug-likeness (QED) is 0.494. The predicted octanol–water partition coefficient (Wildman–Crippen LogP) is 3.35. The molecule has 9 heteroatoms. The standard InChI is InChI=1S/C22H21FN6O2/c23-16-9-15(10-24-11-16)20-27-21(25-7-5-14-1-3-18(30)4-2-14)19-22(28-20)29(13-26-19)17-6-8-31-12-17/h1-4,9-11,13,17,30H,5-8,12H2,(H,25,27,28). The molecule has 4 heterocycles. The first-order chi connectivity index (χ1) is 15.2. The number of anilines is 1. The number of rotatable bonds is 6. The number of nitrogens with zero attached hydrogens (tertiary/aromatic N) is 5. The van der Waals surface area contributed by atoms with Crippen molar-refractivity contribution in [2.45, 2.75) is 18.9 Å². The Kier molecular flexibility index (Phi) is 5.17. The third kappa shape index (κ3) is 4.04. The van der Waals surface area contributed by atoms with E-state index in [2.05, 4.69) is 25.3 Å². The number of phenolic OH excluding ortho intramolecular Hbond substituents is 1. The molecule has 0 saturated carbocycles. The lowest BCUT2D eigenvalue weighted by Crippen LogP contribution is -2.11. The van der Waals surface area contributed by atoms with Gasteiger partial charge >= 0.3 is 0 Å². The van der Waals surface area contributed by atoms with E-state index < -0.39 is 5.82 Å². The second-order valence-electron chi connectivity index (χ2n) is 7.47. The van der Waals surface area contributed by atoms with E-state index in [4.69, 9.17) is 4.74 Å². The van der Waals surface area contributed by atoms with Crippen LogP contribution in [0.2, 0.25) is 0 Å². The van der Waals surface area contributed by atoms with Crippen LogP contribution < -0.4 is 5.32 Å². The van der Waals surface area contributed by atoms with Crippen molar-refractivity contribution < 1.29 is 14.2 Å². The van der Waals surface area contributed by atoms with Crippen molar-refractivity contribution in [3.8, 4) is 17.1 Å². The molecule has 0 spiro atoms. The maximum Gasteiger partial charge on any atom is 0.166 e. The molecule has 1 saturated heterocycles. The van der Waals surface area contributed by atoms with Gasteiger partial charge in [-0.15, -0.1) is 0 Å². The lowest BCUT2D eigenvalue weighted by atomic mass is 10.1. The Balaban J connectivity index is 1.49. The molecule has 158 valence electrons. The molecular formula is C22H21FN6O2. The van der Waals surface area contributed by atoms with E-state index in [0.717, 1.165) is 24.6 Å². The fraction of sp³-hybridized carbons (Fsp3) is 0.273. The van der Waals surface area contributed by atoms with Crippen LogP contribution in [-0.2, 0) is 11.2 Å². The van der Waals surface area contributed by atoms with Crippen molar-refractivity contribution in [1.29, 1.82) is 0 Å². The minimum absolute atomic E-state index is 0.156. The number of hydrogen-bond donors (Lipinski definition) is 2. The van der Waals surface area contributed by atoms with E-state index in [9.17, 15) is 9.50 Å². The number of imidazole rings is 1. The van der Waals surface area contributed by atoms with Gasteiger partial charge in [-0.3, -0.25) is 4.98 Å². The average Bonchev–Trinajstić information content (AvgIpc) is 3.44. The van der Waals surface area contributed by atoms with Crippen LogP contribution >= 0.6 is 0 Å². The van der Waals surface area contributed by atoms with Crippen LogP contribution in [0.1, 0.15) is 18.0 Å². The van der Waals surface area contributed by atoms with Crippen molar-refractivity contribution in [2.24, 2.45) is 0 Å². The maximum atomic E-state index is 13.8. The molecule has 0 bridgehead atoms. The first kappa shape index (κ1) is 19.4. The summed E-state index contributed by atoms with van der Waals surface area (Å²) in [5.74, 6) is 0.762. The van der Waals surface area contributed by atoms with Crippen molar-refractivity contribution in [2.75, 3.05) is 25.1 Å². The van der Waals surface area contributed by atoms with E-state index in [1.807, 2.05) is 16.7 Å². The lowest BCUT2D eigenvalue weighted by Gasteiger charge is -2.12. The van der Waals surface area contributed by atoms with Gasteiger partial charge in [-0.25, -0.2) is 19.3 Å². The zero-order valence-corrected chi connectivity index (χ0v) is 16.7. The van der Waals surface area contributed by atoms with Gasteiger partial charge in [-0.05, 0) is 36.6 Å². The van der Waals surface area contributed by atoms with Gasteiger partial charge in [-0.2, -0.15) is 0 Å². The summed E-state index contributed by atoms with van der Waals surface area (Å²) in [6.45, 7) is 1.92. The Morgan fingerprint density at radius 3 is 2.84 bits per heavy atom. The number of pyridine rings is 1. The Morgan fingerprint density at radius 1 is 1.19 bits per heavy atom. The first-order valence-corrected chi connectivity index (χ1v) is 10.1. The molecular weight excluding hydrogens is 399 g/mol. The minimum atomic E-state index is -0.444. The molecule has 2 N–H and O–H groups in total. The van der Waals surface area contributed by atoms with Gasteiger partial charge in [0.05, 0.1) is 25.2 Å². The number of aromatic hydroxyl groups is 1. The van der Waals surface area contributed by atoms with Crippen molar-refractivity contribution in [3.63, 3.8) is 0 Å². The molecule has 0 amide bonds. The predicted molar refractivity (Wildman–Crippen MR) is 113 cm³/mol. The monoisotopic (exact) mass is 420 g/mol. The fourth-order valence-electron chi connectivity index (χ4n) is 3.70. The highest BCUT2D eigenvalue weighted by molar-refractivity contribution is 5.85. The fourth-order valence-corrected chi connectivity index (χ4v) is 3.70. The Morgan fingerprint density at radius 2 is 2.06 bits per heavy atom. The molecule has 3 aromatic heterocycles.